The van der Waals surface area contributed by atoms with E-state index in [0.717, 1.165) is 6.26 Å². The van der Waals surface area contributed by atoms with Crippen molar-refractivity contribution in [3.63, 3.8) is 0 Å². The van der Waals surface area contributed by atoms with Crippen LogP contribution in [0.3, 0.4) is 0 Å². The summed E-state index contributed by atoms with van der Waals surface area (Å²) in [5.74, 6) is 0.415. The maximum Gasteiger partial charge on any atom is 0.226 e. The van der Waals surface area contributed by atoms with Crippen molar-refractivity contribution >= 4 is 9.84 Å². The predicted octanol–water partition coefficient (Wildman–Crippen LogP) is 1.28. The van der Waals surface area contributed by atoms with Crippen LogP contribution in [0, 0.1) is 0 Å². The van der Waals surface area contributed by atoms with E-state index in [2.05, 4.69) is 4.98 Å². The lowest BCUT2D eigenvalue weighted by molar-refractivity contribution is 0.298. The molecule has 0 atom stereocenters. The second-order valence-corrected chi connectivity index (χ2v) is 5.93. The van der Waals surface area contributed by atoms with E-state index < -0.39 is 9.84 Å². The molecule has 1 aromatic carbocycles. The lowest BCUT2D eigenvalue weighted by atomic mass is 10.2. The fourth-order valence-electron chi connectivity index (χ4n) is 1.51. The second kappa shape index (κ2) is 4.91. The lowest BCUT2D eigenvalue weighted by Gasteiger charge is -1.99. The molecule has 5 nitrogen and oxygen atoms in total. The highest BCUT2D eigenvalue weighted by Crippen LogP contribution is 2.20. The van der Waals surface area contributed by atoms with Gasteiger partial charge in [0, 0.05) is 24.8 Å². The van der Waals surface area contributed by atoms with Crippen LogP contribution in [-0.2, 0) is 16.3 Å². The molecule has 0 aliphatic rings. The zero-order valence-electron chi connectivity index (χ0n) is 9.83. The Morgan fingerprint density at radius 3 is 2.50 bits per heavy atom. The van der Waals surface area contributed by atoms with Gasteiger partial charge in [-0.05, 0) is 24.3 Å². The minimum absolute atomic E-state index is 0.0129. The molecular formula is C12H13NO4S. The maximum absolute atomic E-state index is 11.3. The number of nitrogens with zero attached hydrogens (tertiary/aromatic N) is 1. The van der Waals surface area contributed by atoms with Crippen LogP contribution in [0.4, 0.5) is 0 Å². The monoisotopic (exact) mass is 267 g/mol. The summed E-state index contributed by atoms with van der Waals surface area (Å²) < 4.78 is 27.9. The van der Waals surface area contributed by atoms with Gasteiger partial charge in [-0.25, -0.2) is 13.4 Å². The molecule has 0 unspecified atom stereocenters. The normalized spacial score (nSPS) is 11.7. The van der Waals surface area contributed by atoms with Crippen LogP contribution >= 0.6 is 0 Å². The van der Waals surface area contributed by atoms with Crippen molar-refractivity contribution in [1.82, 2.24) is 4.98 Å². The van der Waals surface area contributed by atoms with Crippen LogP contribution in [0.5, 0.6) is 0 Å². The number of aliphatic hydroxyl groups excluding tert-OH is 1. The van der Waals surface area contributed by atoms with Gasteiger partial charge in [0.15, 0.2) is 9.84 Å². The summed E-state index contributed by atoms with van der Waals surface area (Å²) in [5, 5.41) is 8.78. The highest BCUT2D eigenvalue weighted by Gasteiger charge is 2.09. The first-order chi connectivity index (χ1) is 8.50. The Morgan fingerprint density at radius 2 is 1.94 bits per heavy atom. The molecule has 2 rings (SSSR count). The molecule has 0 bridgehead atoms. The third-order valence-corrected chi connectivity index (χ3v) is 3.58. The Balaban J connectivity index is 2.28. The number of benzene rings is 1. The zero-order valence-corrected chi connectivity index (χ0v) is 10.6. The smallest absolute Gasteiger partial charge is 0.226 e. The first-order valence-corrected chi connectivity index (χ1v) is 7.25. The standard InChI is InChI=1S/C12H13NO4S/c1-18(15,16)11-4-2-9(3-5-11)12-13-10(6-7-14)8-17-12/h2-5,8,14H,6-7H2,1H3. The van der Waals surface area contributed by atoms with E-state index >= 15 is 0 Å². The summed E-state index contributed by atoms with van der Waals surface area (Å²) in [7, 11) is -3.19. The third kappa shape index (κ3) is 2.77. The summed E-state index contributed by atoms with van der Waals surface area (Å²) >= 11 is 0. The van der Waals surface area contributed by atoms with Gasteiger partial charge in [-0.3, -0.25) is 0 Å². The van der Waals surface area contributed by atoms with Gasteiger partial charge in [-0.1, -0.05) is 0 Å². The van der Waals surface area contributed by atoms with E-state index in [9.17, 15) is 8.42 Å². The molecule has 0 radical (unpaired) electrons. The molecule has 0 saturated carbocycles. The Morgan fingerprint density at radius 1 is 1.28 bits per heavy atom. The van der Waals surface area contributed by atoms with Crippen LogP contribution in [0.2, 0.25) is 0 Å². The van der Waals surface area contributed by atoms with E-state index in [0.29, 0.717) is 23.6 Å². The van der Waals surface area contributed by atoms with Crippen molar-refractivity contribution in [2.24, 2.45) is 0 Å². The number of hydrogen-bond donors (Lipinski definition) is 1. The van der Waals surface area contributed by atoms with Gasteiger partial charge in [0.25, 0.3) is 0 Å². The van der Waals surface area contributed by atoms with Crippen LogP contribution < -0.4 is 0 Å². The molecule has 18 heavy (non-hydrogen) atoms. The molecule has 0 saturated heterocycles. The molecule has 6 heteroatoms. The average Bonchev–Trinajstić information content (AvgIpc) is 2.77. The highest BCUT2D eigenvalue weighted by atomic mass is 32.2. The fraction of sp³-hybridized carbons (Fsp3) is 0.250. The van der Waals surface area contributed by atoms with E-state index in [-0.39, 0.29) is 11.5 Å². The quantitative estimate of drug-likeness (QED) is 0.902. The van der Waals surface area contributed by atoms with Gasteiger partial charge in [0.1, 0.15) is 6.26 Å². The van der Waals surface area contributed by atoms with Crippen LogP contribution in [0.15, 0.2) is 39.8 Å². The molecule has 0 aliphatic heterocycles. The SMILES string of the molecule is CS(=O)(=O)c1ccc(-c2nc(CCO)co2)cc1. The first-order valence-electron chi connectivity index (χ1n) is 5.36. The predicted molar refractivity (Wildman–Crippen MR) is 65.8 cm³/mol. The fourth-order valence-corrected chi connectivity index (χ4v) is 2.14. The summed E-state index contributed by atoms with van der Waals surface area (Å²) in [6, 6.07) is 6.32. The van der Waals surface area contributed by atoms with Crippen molar-refractivity contribution in [2.45, 2.75) is 11.3 Å². The number of aromatic nitrogens is 1. The average molecular weight is 267 g/mol. The third-order valence-electron chi connectivity index (χ3n) is 2.45. The van der Waals surface area contributed by atoms with Crippen molar-refractivity contribution in [2.75, 3.05) is 12.9 Å². The molecule has 2 aromatic rings. The number of oxazole rings is 1. The van der Waals surface area contributed by atoms with Gasteiger partial charge in [-0.15, -0.1) is 0 Å². The zero-order chi connectivity index (χ0) is 13.2. The Labute approximate surface area is 105 Å². The van der Waals surface area contributed by atoms with Gasteiger partial charge < -0.3 is 9.52 Å². The van der Waals surface area contributed by atoms with Gasteiger partial charge >= 0.3 is 0 Å². The molecule has 1 N–H and O–H groups in total. The Bertz CT molecular complexity index is 628. The van der Waals surface area contributed by atoms with E-state index in [4.69, 9.17) is 9.52 Å². The molecule has 0 aliphatic carbocycles. The van der Waals surface area contributed by atoms with E-state index in [1.165, 1.54) is 18.4 Å². The summed E-state index contributed by atoms with van der Waals surface area (Å²) in [6.07, 6.45) is 3.08. The van der Waals surface area contributed by atoms with Crippen molar-refractivity contribution < 1.29 is 17.9 Å². The molecule has 0 fully saturated rings. The molecule has 96 valence electrons. The van der Waals surface area contributed by atoms with Gasteiger partial charge in [-0.2, -0.15) is 0 Å². The number of rotatable bonds is 4. The van der Waals surface area contributed by atoms with Gasteiger partial charge in [0.05, 0.1) is 10.6 Å². The number of sulfone groups is 1. The van der Waals surface area contributed by atoms with Crippen molar-refractivity contribution in [3.05, 3.63) is 36.2 Å². The van der Waals surface area contributed by atoms with Gasteiger partial charge in [0.2, 0.25) is 5.89 Å². The first kappa shape index (κ1) is 12.8. The topological polar surface area (TPSA) is 80.4 Å². The molecule has 0 spiro atoms. The molecule has 1 heterocycles. The number of aliphatic hydroxyl groups is 1. The number of hydrogen-bond acceptors (Lipinski definition) is 5. The van der Waals surface area contributed by atoms with E-state index in [1.54, 1.807) is 12.1 Å². The van der Waals surface area contributed by atoms with Crippen LogP contribution in [-0.4, -0.2) is 31.4 Å². The highest BCUT2D eigenvalue weighted by molar-refractivity contribution is 7.90. The lowest BCUT2D eigenvalue weighted by Crippen LogP contribution is -1.96. The van der Waals surface area contributed by atoms with Crippen molar-refractivity contribution in [1.29, 1.82) is 0 Å². The van der Waals surface area contributed by atoms with E-state index in [1.807, 2.05) is 0 Å². The molecular weight excluding hydrogens is 254 g/mol. The maximum atomic E-state index is 11.3. The van der Waals surface area contributed by atoms with Crippen LogP contribution in [0.1, 0.15) is 5.69 Å². The minimum Gasteiger partial charge on any atom is -0.444 e. The summed E-state index contributed by atoms with van der Waals surface area (Å²) in [5.41, 5.74) is 1.37. The van der Waals surface area contributed by atoms with Crippen molar-refractivity contribution in [3.8, 4) is 11.5 Å². The minimum atomic E-state index is -3.19. The molecule has 1 aromatic heterocycles. The molecule has 0 amide bonds. The Kier molecular flexibility index (Phi) is 3.49. The second-order valence-electron chi connectivity index (χ2n) is 3.91. The summed E-state index contributed by atoms with van der Waals surface area (Å²) in [4.78, 5) is 4.44. The summed E-state index contributed by atoms with van der Waals surface area (Å²) in [6.45, 7) is 0.0129. The van der Waals surface area contributed by atoms with Crippen LogP contribution in [0.25, 0.3) is 11.5 Å². The largest absolute Gasteiger partial charge is 0.444 e. The Hall–Kier alpha value is -1.66.